The second-order valence-corrected chi connectivity index (χ2v) is 8.24. The topological polar surface area (TPSA) is 0 Å². The summed E-state index contributed by atoms with van der Waals surface area (Å²) < 4.78 is 0. The van der Waals surface area contributed by atoms with Gasteiger partial charge in [-0.2, -0.15) is 0 Å². The molecule has 0 aliphatic heterocycles. The minimum absolute atomic E-state index is 0.665. The van der Waals surface area contributed by atoms with Crippen molar-refractivity contribution in [1.29, 1.82) is 0 Å². The Labute approximate surface area is 72.9 Å². The average molecular weight is 168 g/mol. The predicted octanol–water partition coefficient (Wildman–Crippen LogP) is 2.27. The van der Waals surface area contributed by atoms with Crippen molar-refractivity contribution in [2.24, 2.45) is 0 Å². The summed E-state index contributed by atoms with van der Waals surface area (Å²) in [5.74, 6) is 2.76. The van der Waals surface area contributed by atoms with Crippen molar-refractivity contribution in [3.63, 3.8) is 0 Å². The van der Waals surface area contributed by atoms with Gasteiger partial charge in [0.25, 0.3) is 0 Å². The molecule has 0 unspecified atom stereocenters. The molecule has 0 atom stereocenters. The Hall–Kier alpha value is 0.0549. The van der Waals surface area contributed by atoms with Gasteiger partial charge < -0.3 is 0 Å². The van der Waals surface area contributed by atoms with Gasteiger partial charge in [0, 0.05) is 0 Å². The number of terminal acetylenes is 1. The zero-order valence-corrected chi connectivity index (χ0v) is 8.99. The first kappa shape index (κ1) is 11.1. The molecule has 0 spiro atoms. The van der Waals surface area contributed by atoms with Crippen LogP contribution in [0, 0.1) is 12.3 Å². The van der Waals surface area contributed by atoms with Crippen molar-refractivity contribution >= 4 is 14.7 Å². The van der Waals surface area contributed by atoms with Crippen LogP contribution in [0.3, 0.4) is 0 Å². The molecule has 0 aromatic heterocycles. The van der Waals surface area contributed by atoms with Crippen molar-refractivity contribution in [2.75, 3.05) is 6.16 Å². The normalized spacial score (nSPS) is 13.5. The van der Waals surface area contributed by atoms with Gasteiger partial charge in [-0.05, 0) is 0 Å². The van der Waals surface area contributed by atoms with Crippen molar-refractivity contribution in [3.05, 3.63) is 0 Å². The molecule has 0 fully saturated rings. The summed E-state index contributed by atoms with van der Waals surface area (Å²) in [6.45, 7) is 8.94. The van der Waals surface area contributed by atoms with Gasteiger partial charge in [0.15, 0.2) is 0 Å². The number of hydrogen-bond donors (Lipinski definition) is 0. The van der Waals surface area contributed by atoms with Crippen LogP contribution in [0.1, 0.15) is 27.7 Å². The third kappa shape index (κ3) is 2.53. The van der Waals surface area contributed by atoms with E-state index in [4.69, 9.17) is 6.42 Å². The van der Waals surface area contributed by atoms with E-state index in [2.05, 4.69) is 41.2 Å². The summed E-state index contributed by atoms with van der Waals surface area (Å²) in [5, 5.41) is 0. The fourth-order valence-corrected chi connectivity index (χ4v) is 3.39. The molecule has 0 aliphatic rings. The Morgan fingerprint density at radius 3 is 1.73 bits per heavy atom. The minimum atomic E-state index is -1.10. The maximum absolute atomic E-state index is 5.33. The Balaban J connectivity index is 4.41. The van der Waals surface area contributed by atoms with Crippen molar-refractivity contribution in [2.45, 2.75) is 39.0 Å². The van der Waals surface area contributed by atoms with E-state index in [1.807, 2.05) is 0 Å². The van der Waals surface area contributed by atoms with Gasteiger partial charge in [-0.15, -0.1) is 0 Å². The Morgan fingerprint density at radius 1 is 1.27 bits per heavy atom. The molecule has 2 heteroatoms. The fraction of sp³-hybridized carbons (Fsp3) is 0.778. The third-order valence-electron chi connectivity index (χ3n) is 2.44. The van der Waals surface area contributed by atoms with E-state index >= 15 is 0 Å². The van der Waals surface area contributed by atoms with E-state index < -0.39 is 7.14 Å². The van der Waals surface area contributed by atoms with E-state index in [1.54, 1.807) is 0 Å². The van der Waals surface area contributed by atoms with Gasteiger partial charge in [0.1, 0.15) is 0 Å². The quantitative estimate of drug-likeness (QED) is 0.344. The molecule has 62 valence electrons. The zero-order valence-electron chi connectivity index (χ0n) is 8.09. The van der Waals surface area contributed by atoms with Crippen LogP contribution in [-0.4, -0.2) is 25.0 Å². The van der Waals surface area contributed by atoms with E-state index in [1.165, 1.54) is 0 Å². The molecule has 0 saturated carbocycles. The molecule has 0 aliphatic carbocycles. The van der Waals surface area contributed by atoms with Gasteiger partial charge in [0.2, 0.25) is 0 Å². The van der Waals surface area contributed by atoms with Crippen LogP contribution in [0.4, 0.5) is 0 Å². The molecule has 0 nitrogen and oxygen atoms in total. The van der Waals surface area contributed by atoms with E-state index in [0.29, 0.717) is 11.3 Å². The first-order chi connectivity index (χ1) is 4.95. The summed E-state index contributed by atoms with van der Waals surface area (Å²) >= 11 is 0. The zero-order chi connectivity index (χ0) is 9.07. The van der Waals surface area contributed by atoms with Crippen molar-refractivity contribution in [3.8, 4) is 12.3 Å². The van der Waals surface area contributed by atoms with Gasteiger partial charge >= 0.3 is 72.2 Å². The van der Waals surface area contributed by atoms with E-state index in [0.717, 1.165) is 6.16 Å². The summed E-state index contributed by atoms with van der Waals surface area (Å²) in [6.07, 6.45) is 6.22. The molecule has 0 aromatic rings. The van der Waals surface area contributed by atoms with Crippen molar-refractivity contribution < 1.29 is 0 Å². The maximum atomic E-state index is 5.33. The average Bonchev–Trinajstić information content (AvgIpc) is 1.87. The van der Waals surface area contributed by atoms with Crippen LogP contribution in [0.5, 0.6) is 0 Å². The second-order valence-electron chi connectivity index (χ2n) is 3.65. The first-order valence-corrected chi connectivity index (χ1v) is 6.40. The van der Waals surface area contributed by atoms with Crippen LogP contribution in [0.2, 0.25) is 0 Å². The monoisotopic (exact) mass is 168 g/mol. The standard InChI is InChI=1S/C9H18BP/c1-6-7-11(10,8(2)3)9(4)5/h1,8-10H,7H2,2-5H3. The molecule has 0 bridgehead atoms. The van der Waals surface area contributed by atoms with Gasteiger partial charge in [-0.1, -0.05) is 0 Å². The van der Waals surface area contributed by atoms with Gasteiger partial charge in [0.05, 0.1) is 0 Å². The molecular weight excluding hydrogens is 150 g/mol. The van der Waals surface area contributed by atoms with Crippen molar-refractivity contribution in [1.82, 2.24) is 0 Å². The van der Waals surface area contributed by atoms with Crippen LogP contribution < -0.4 is 0 Å². The summed E-state index contributed by atoms with van der Waals surface area (Å²) in [4.78, 5) is 0. The van der Waals surface area contributed by atoms with Crippen LogP contribution in [0.25, 0.3) is 0 Å². The molecule has 0 radical (unpaired) electrons. The molecule has 0 N–H and O–H groups in total. The Morgan fingerprint density at radius 2 is 1.64 bits per heavy atom. The molecular formula is C9H18BP. The summed E-state index contributed by atoms with van der Waals surface area (Å²) in [7, 11) is 3.23. The van der Waals surface area contributed by atoms with Crippen LogP contribution >= 0.6 is 7.14 Å². The molecule has 0 aromatic carbocycles. The molecule has 0 heterocycles. The first-order valence-electron chi connectivity index (χ1n) is 4.10. The van der Waals surface area contributed by atoms with Gasteiger partial charge in [-0.25, -0.2) is 0 Å². The SMILES string of the molecule is [BH+][P-](CC#C)(C(C)C)C(C)C. The Kier molecular flexibility index (Phi) is 4.19. The van der Waals surface area contributed by atoms with E-state index in [-0.39, 0.29) is 0 Å². The third-order valence-corrected chi connectivity index (χ3v) is 7.33. The summed E-state index contributed by atoms with van der Waals surface area (Å²) in [5.41, 5.74) is 1.33. The molecule has 0 amide bonds. The second kappa shape index (κ2) is 4.17. The van der Waals surface area contributed by atoms with Gasteiger partial charge in [-0.3, -0.25) is 0 Å². The number of hydrogen-bond acceptors (Lipinski definition) is 0. The summed E-state index contributed by atoms with van der Waals surface area (Å²) in [6, 6.07) is 0. The molecule has 11 heavy (non-hydrogen) atoms. The predicted molar refractivity (Wildman–Crippen MR) is 58.0 cm³/mol. The van der Waals surface area contributed by atoms with E-state index in [9.17, 15) is 0 Å². The fourth-order valence-electron chi connectivity index (χ4n) is 1.13. The molecule has 0 rings (SSSR count). The van der Waals surface area contributed by atoms with Crippen LogP contribution in [-0.2, 0) is 0 Å². The van der Waals surface area contributed by atoms with Crippen LogP contribution in [0.15, 0.2) is 0 Å². The Bertz CT molecular complexity index is 147. The number of rotatable bonds is 3. The molecule has 0 saturated heterocycles.